The number of nitrogens with zero attached hydrogens (tertiary/aromatic N) is 4. The molecule has 0 saturated carbocycles. The van der Waals surface area contributed by atoms with Crippen molar-refractivity contribution in [3.05, 3.63) is 32.5 Å². The first-order valence-electron chi connectivity index (χ1n) is 7.85. The number of aliphatic hydroxyl groups excluding tert-OH is 3. The Labute approximate surface area is 165 Å². The van der Waals surface area contributed by atoms with Crippen LogP contribution in [0.25, 0.3) is 11.2 Å². The molecule has 0 amide bonds. The molecule has 0 radical (unpaired) electrons. The zero-order chi connectivity index (χ0) is 18.3. The Morgan fingerprint density at radius 2 is 2.12 bits per heavy atom. The van der Waals surface area contributed by atoms with Gasteiger partial charge >= 0.3 is 0 Å². The van der Waals surface area contributed by atoms with Gasteiger partial charge in [0.15, 0.2) is 23.2 Å². The Balaban J connectivity index is 1.61. The summed E-state index contributed by atoms with van der Waals surface area (Å²) in [7, 11) is 0. The van der Waals surface area contributed by atoms with Gasteiger partial charge in [-0.1, -0.05) is 0 Å². The van der Waals surface area contributed by atoms with E-state index in [1.807, 2.05) is 0 Å². The van der Waals surface area contributed by atoms with E-state index in [-0.39, 0.29) is 6.61 Å². The van der Waals surface area contributed by atoms with E-state index in [4.69, 9.17) is 4.74 Å². The lowest BCUT2D eigenvalue weighted by Crippen LogP contribution is -2.33. The SMILES string of the molecule is OC[C@H]1O[C@@H](n2cnc3c(NCc4cc(I)cs4)ncnc32)[C@H](O)[C@@H]1O. The largest absolute Gasteiger partial charge is 0.394 e. The number of hydrogen-bond donors (Lipinski definition) is 4. The van der Waals surface area contributed by atoms with Crippen molar-refractivity contribution in [1.82, 2.24) is 19.5 Å². The summed E-state index contributed by atoms with van der Waals surface area (Å²) in [4.78, 5) is 14.0. The van der Waals surface area contributed by atoms with Crippen LogP contribution in [0.4, 0.5) is 5.82 Å². The number of imidazole rings is 1. The second-order valence-corrected chi connectivity index (χ2v) is 8.10. The van der Waals surface area contributed by atoms with Crippen molar-refractivity contribution in [3.63, 3.8) is 0 Å². The smallest absolute Gasteiger partial charge is 0.167 e. The Morgan fingerprint density at radius 3 is 2.81 bits per heavy atom. The zero-order valence-corrected chi connectivity index (χ0v) is 16.3. The lowest BCUT2D eigenvalue weighted by molar-refractivity contribution is -0.0511. The van der Waals surface area contributed by atoms with Gasteiger partial charge in [-0.15, -0.1) is 11.3 Å². The molecule has 26 heavy (non-hydrogen) atoms. The third-order valence-electron chi connectivity index (χ3n) is 4.20. The van der Waals surface area contributed by atoms with Crippen molar-refractivity contribution in [3.8, 4) is 0 Å². The van der Waals surface area contributed by atoms with Gasteiger partial charge in [-0.05, 0) is 28.7 Å². The maximum Gasteiger partial charge on any atom is 0.167 e. The highest BCUT2D eigenvalue weighted by atomic mass is 127. The van der Waals surface area contributed by atoms with Crippen LogP contribution in [0.5, 0.6) is 0 Å². The van der Waals surface area contributed by atoms with E-state index in [1.165, 1.54) is 21.1 Å². The van der Waals surface area contributed by atoms with E-state index in [9.17, 15) is 15.3 Å². The minimum atomic E-state index is -1.19. The molecule has 1 fully saturated rings. The summed E-state index contributed by atoms with van der Waals surface area (Å²) in [5.41, 5.74) is 1.01. The van der Waals surface area contributed by atoms with Gasteiger partial charge in [-0.3, -0.25) is 4.57 Å². The standard InChI is InChI=1S/C15H16IN5O4S/c16-7-1-8(26-4-7)2-17-13-10-14(19-5-18-13)21(6-20-10)15-12(24)11(23)9(3-22)25-15/h1,4-6,9,11-12,15,22-24H,2-3H2,(H,17,18,19)/t9-,11-,12-,15-/m1/s1. The normalized spacial score (nSPS) is 25.8. The van der Waals surface area contributed by atoms with Gasteiger partial charge in [-0.25, -0.2) is 15.0 Å². The third kappa shape index (κ3) is 3.18. The molecule has 0 aliphatic carbocycles. The number of anilines is 1. The van der Waals surface area contributed by atoms with E-state index in [0.29, 0.717) is 23.5 Å². The fourth-order valence-electron chi connectivity index (χ4n) is 2.89. The van der Waals surface area contributed by atoms with E-state index >= 15 is 0 Å². The fraction of sp³-hybridized carbons (Fsp3) is 0.400. The van der Waals surface area contributed by atoms with Crippen LogP contribution in [0.2, 0.25) is 0 Å². The van der Waals surface area contributed by atoms with E-state index in [1.54, 1.807) is 15.9 Å². The van der Waals surface area contributed by atoms with Gasteiger partial charge in [0.2, 0.25) is 0 Å². The van der Waals surface area contributed by atoms with Gasteiger partial charge in [0.05, 0.1) is 19.5 Å². The molecule has 4 rings (SSSR count). The minimum Gasteiger partial charge on any atom is -0.394 e. The zero-order valence-electron chi connectivity index (χ0n) is 13.4. The number of rotatable bonds is 5. The number of hydrogen-bond acceptors (Lipinski definition) is 9. The van der Waals surface area contributed by atoms with Crippen LogP contribution in [0.3, 0.4) is 0 Å². The number of ether oxygens (including phenoxy) is 1. The molecule has 9 nitrogen and oxygen atoms in total. The van der Waals surface area contributed by atoms with Crippen molar-refractivity contribution in [2.24, 2.45) is 0 Å². The maximum atomic E-state index is 10.2. The first-order chi connectivity index (χ1) is 12.6. The Morgan fingerprint density at radius 1 is 1.27 bits per heavy atom. The van der Waals surface area contributed by atoms with Gasteiger partial charge in [0.25, 0.3) is 0 Å². The second kappa shape index (κ2) is 7.32. The predicted molar refractivity (Wildman–Crippen MR) is 103 cm³/mol. The highest BCUT2D eigenvalue weighted by molar-refractivity contribution is 14.1. The topological polar surface area (TPSA) is 126 Å². The first-order valence-corrected chi connectivity index (χ1v) is 9.81. The van der Waals surface area contributed by atoms with E-state index in [0.717, 1.165) is 0 Å². The molecular formula is C15H16IN5O4S. The molecule has 0 bridgehead atoms. The number of aromatic nitrogens is 4. The molecule has 0 aromatic carbocycles. The molecule has 1 aliphatic heterocycles. The van der Waals surface area contributed by atoms with Crippen LogP contribution in [-0.2, 0) is 11.3 Å². The summed E-state index contributed by atoms with van der Waals surface area (Å²) < 4.78 is 8.28. The Kier molecular flexibility index (Phi) is 5.07. The molecule has 1 saturated heterocycles. The van der Waals surface area contributed by atoms with E-state index in [2.05, 4.69) is 54.3 Å². The molecule has 11 heteroatoms. The minimum absolute atomic E-state index is 0.386. The molecule has 4 heterocycles. The monoisotopic (exact) mass is 489 g/mol. The third-order valence-corrected chi connectivity index (χ3v) is 6.18. The van der Waals surface area contributed by atoms with Gasteiger partial charge in [-0.2, -0.15) is 0 Å². The Bertz CT molecular complexity index is 918. The average molecular weight is 489 g/mol. The number of halogens is 1. The summed E-state index contributed by atoms with van der Waals surface area (Å²) in [6, 6.07) is 2.09. The number of nitrogens with one attached hydrogen (secondary N) is 1. The van der Waals surface area contributed by atoms with Gasteiger partial charge in [0.1, 0.15) is 24.6 Å². The van der Waals surface area contributed by atoms with Crippen molar-refractivity contribution in [2.75, 3.05) is 11.9 Å². The van der Waals surface area contributed by atoms with Crippen LogP contribution >= 0.6 is 33.9 Å². The highest BCUT2D eigenvalue weighted by Gasteiger charge is 2.44. The van der Waals surface area contributed by atoms with Crippen LogP contribution in [0.15, 0.2) is 24.1 Å². The van der Waals surface area contributed by atoms with Gasteiger partial charge in [0, 0.05) is 13.8 Å². The molecule has 1 aliphatic rings. The average Bonchev–Trinajstić information content (AvgIpc) is 3.32. The second-order valence-electron chi connectivity index (χ2n) is 5.86. The number of fused-ring (bicyclic) bond motifs is 1. The number of aliphatic hydroxyl groups is 3. The van der Waals surface area contributed by atoms with Crippen LogP contribution in [-0.4, -0.2) is 59.8 Å². The van der Waals surface area contributed by atoms with E-state index < -0.39 is 24.5 Å². The number of thiophene rings is 1. The lowest BCUT2D eigenvalue weighted by Gasteiger charge is -2.16. The molecule has 138 valence electrons. The lowest BCUT2D eigenvalue weighted by atomic mass is 10.1. The molecule has 4 atom stereocenters. The van der Waals surface area contributed by atoms with Crippen molar-refractivity contribution < 1.29 is 20.1 Å². The summed E-state index contributed by atoms with van der Waals surface area (Å²) in [5, 5.41) is 34.7. The van der Waals surface area contributed by atoms with Crippen LogP contribution in [0.1, 0.15) is 11.1 Å². The molecule has 4 N–H and O–H groups in total. The van der Waals surface area contributed by atoms with Crippen molar-refractivity contribution >= 4 is 50.9 Å². The van der Waals surface area contributed by atoms with Crippen molar-refractivity contribution in [1.29, 1.82) is 0 Å². The Hall–Kier alpha value is -1.38. The summed E-state index contributed by atoms with van der Waals surface area (Å²) in [5.74, 6) is 0.573. The molecular weight excluding hydrogens is 473 g/mol. The molecule has 3 aromatic heterocycles. The summed E-state index contributed by atoms with van der Waals surface area (Å²) in [6.45, 7) is 0.225. The van der Waals surface area contributed by atoms with Crippen molar-refractivity contribution in [2.45, 2.75) is 31.1 Å². The quantitative estimate of drug-likeness (QED) is 0.387. The summed E-state index contributed by atoms with van der Waals surface area (Å²) in [6.07, 6.45) is -1.21. The molecule has 0 unspecified atom stereocenters. The van der Waals surface area contributed by atoms with Crippen LogP contribution in [0, 0.1) is 3.57 Å². The fourth-order valence-corrected chi connectivity index (χ4v) is 4.55. The predicted octanol–water partition coefficient (Wildman–Crippen LogP) is 0.716. The maximum absolute atomic E-state index is 10.2. The molecule has 0 spiro atoms. The molecule has 3 aromatic rings. The highest BCUT2D eigenvalue weighted by Crippen LogP contribution is 2.32. The van der Waals surface area contributed by atoms with Crippen LogP contribution < -0.4 is 5.32 Å². The summed E-state index contributed by atoms with van der Waals surface area (Å²) >= 11 is 3.93. The first kappa shape index (κ1) is 18.0. The van der Waals surface area contributed by atoms with Gasteiger partial charge < -0.3 is 25.4 Å².